The number of amides is 1. The van der Waals surface area contributed by atoms with Crippen LogP contribution >= 0.6 is 0 Å². The maximum Gasteiger partial charge on any atom is 0.419 e. The Labute approximate surface area is 207 Å². The Morgan fingerprint density at radius 1 is 1.06 bits per heavy atom. The number of carbonyl (C=O) groups excluding carboxylic acids is 2. The van der Waals surface area contributed by atoms with Crippen LogP contribution in [-0.4, -0.2) is 40.2 Å². The molecule has 0 aliphatic carbocycles. The molecule has 0 spiro atoms. The molecule has 0 unspecified atom stereocenters. The van der Waals surface area contributed by atoms with Crippen LogP contribution in [0, 0.1) is 0 Å². The molecule has 0 bridgehead atoms. The molecule has 3 heterocycles. The number of hydrogen-bond acceptors (Lipinski definition) is 4. The number of fused-ring (bicyclic) bond motifs is 2. The fraction of sp³-hybridized carbons (Fsp3) is 0.448. The van der Waals surface area contributed by atoms with Crippen LogP contribution in [0.3, 0.4) is 0 Å². The van der Waals surface area contributed by atoms with E-state index in [1.54, 1.807) is 4.57 Å². The van der Waals surface area contributed by atoms with E-state index >= 15 is 0 Å². The summed E-state index contributed by atoms with van der Waals surface area (Å²) in [4.78, 5) is 28.9. The molecule has 0 atom stereocenters. The van der Waals surface area contributed by atoms with Crippen LogP contribution < -0.4 is 5.32 Å². The highest BCUT2D eigenvalue weighted by Crippen LogP contribution is 2.36. The fourth-order valence-electron chi connectivity index (χ4n) is 5.40. The molecular weight excluding hydrogens is 438 g/mol. The van der Waals surface area contributed by atoms with Crippen LogP contribution in [0.25, 0.3) is 22.2 Å². The smallest absolute Gasteiger partial charge is 0.419 e. The molecule has 6 heteroatoms. The Hall–Kier alpha value is -3.12. The zero-order valence-electron chi connectivity index (χ0n) is 21.2. The van der Waals surface area contributed by atoms with Gasteiger partial charge in [-0.15, -0.1) is 0 Å². The maximum absolute atomic E-state index is 13.5. The molecule has 0 radical (unpaired) electrons. The fourth-order valence-corrected chi connectivity index (χ4v) is 5.40. The highest BCUT2D eigenvalue weighted by Gasteiger charge is 2.29. The van der Waals surface area contributed by atoms with Crippen LogP contribution in [0.15, 0.2) is 36.4 Å². The quantitative estimate of drug-likeness (QED) is 0.514. The first kappa shape index (κ1) is 23.6. The van der Waals surface area contributed by atoms with E-state index in [9.17, 15) is 9.59 Å². The molecule has 0 saturated carbocycles. The number of nitrogens with zero attached hydrogens (tertiary/aromatic N) is 2. The summed E-state index contributed by atoms with van der Waals surface area (Å²) in [5.74, 6) is -0.0860. The van der Waals surface area contributed by atoms with Gasteiger partial charge in [-0.05, 0) is 88.0 Å². The Balaban J connectivity index is 1.65. The Bertz CT molecular complexity index is 1290. The lowest BCUT2D eigenvalue weighted by molar-refractivity contribution is 0.0547. The van der Waals surface area contributed by atoms with E-state index in [2.05, 4.69) is 35.3 Å². The largest absolute Gasteiger partial charge is 0.443 e. The summed E-state index contributed by atoms with van der Waals surface area (Å²) in [7, 11) is 0. The van der Waals surface area contributed by atoms with Crippen LogP contribution in [0.4, 0.5) is 4.79 Å². The summed E-state index contributed by atoms with van der Waals surface area (Å²) < 4.78 is 7.45. The van der Waals surface area contributed by atoms with Crippen molar-refractivity contribution in [3.8, 4) is 11.3 Å². The summed E-state index contributed by atoms with van der Waals surface area (Å²) in [6, 6.07) is 12.4. The minimum atomic E-state index is -0.634. The van der Waals surface area contributed by atoms with Gasteiger partial charge in [-0.25, -0.2) is 9.36 Å². The molecule has 35 heavy (non-hydrogen) atoms. The van der Waals surface area contributed by atoms with E-state index in [4.69, 9.17) is 4.74 Å². The average molecular weight is 474 g/mol. The molecule has 1 saturated heterocycles. The highest BCUT2D eigenvalue weighted by molar-refractivity contribution is 6.07. The third kappa shape index (κ3) is 4.59. The highest BCUT2D eigenvalue weighted by atomic mass is 16.6. The average Bonchev–Trinajstić information content (AvgIpc) is 3.39. The number of hydrogen-bond donors (Lipinski definition) is 1. The second-order valence-corrected chi connectivity index (χ2v) is 10.7. The number of benzene rings is 2. The Morgan fingerprint density at radius 2 is 1.83 bits per heavy atom. The van der Waals surface area contributed by atoms with E-state index in [0.717, 1.165) is 53.6 Å². The summed E-state index contributed by atoms with van der Waals surface area (Å²) in [5, 5.41) is 3.95. The summed E-state index contributed by atoms with van der Waals surface area (Å²) in [5.41, 5.74) is 5.72. The first-order valence-electron chi connectivity index (χ1n) is 12.8. The third-order valence-corrected chi connectivity index (χ3v) is 7.02. The number of carbonyl (C=O) groups is 2. The van der Waals surface area contributed by atoms with Gasteiger partial charge in [0.2, 0.25) is 0 Å². The van der Waals surface area contributed by atoms with Gasteiger partial charge >= 0.3 is 6.09 Å². The molecule has 1 amide bonds. The van der Waals surface area contributed by atoms with E-state index in [1.165, 1.54) is 24.8 Å². The van der Waals surface area contributed by atoms with Crippen molar-refractivity contribution >= 4 is 22.9 Å². The molecule has 1 N–H and O–H groups in total. The number of aromatic nitrogens is 1. The lowest BCUT2D eigenvalue weighted by Gasteiger charge is -2.26. The lowest BCUT2D eigenvalue weighted by Crippen LogP contribution is -2.29. The van der Waals surface area contributed by atoms with Gasteiger partial charge in [0.15, 0.2) is 0 Å². The number of rotatable bonds is 4. The summed E-state index contributed by atoms with van der Waals surface area (Å²) in [6.07, 6.45) is 4.24. The molecule has 2 aliphatic heterocycles. The number of piperidine rings is 1. The number of nitrogens with one attached hydrogen (secondary N) is 1. The molecule has 6 nitrogen and oxygen atoms in total. The lowest BCUT2D eigenvalue weighted by atomic mass is 9.94. The van der Waals surface area contributed by atoms with Gasteiger partial charge in [0.1, 0.15) is 5.60 Å². The maximum atomic E-state index is 13.5. The predicted octanol–water partition coefficient (Wildman–Crippen LogP) is 5.88. The van der Waals surface area contributed by atoms with Crippen LogP contribution in [-0.2, 0) is 24.2 Å². The van der Waals surface area contributed by atoms with Gasteiger partial charge in [0.05, 0.1) is 16.8 Å². The summed E-state index contributed by atoms with van der Waals surface area (Å²) >= 11 is 0. The first-order chi connectivity index (χ1) is 16.7. The molecular formula is C29H35N3O3. The molecule has 3 aromatic rings. The standard InChI is InChI=1S/C29H35N3O3/c1-5-20-10-11-22(26-23(20)17-30-27(26)33)25-16-21-15-19(18-31-13-7-6-8-14-31)9-12-24(21)32(25)28(34)35-29(2,3)4/h9-12,15-16H,5-8,13-14,17-18H2,1-4H3,(H,30,33). The van der Waals surface area contributed by atoms with E-state index < -0.39 is 11.7 Å². The van der Waals surface area contributed by atoms with Gasteiger partial charge in [0.25, 0.3) is 5.91 Å². The second kappa shape index (κ2) is 9.15. The Kier molecular flexibility index (Phi) is 6.18. The van der Waals surface area contributed by atoms with E-state index in [-0.39, 0.29) is 5.91 Å². The molecule has 1 aromatic heterocycles. The third-order valence-electron chi connectivity index (χ3n) is 7.02. The van der Waals surface area contributed by atoms with Gasteiger partial charge < -0.3 is 10.1 Å². The van der Waals surface area contributed by atoms with Crippen molar-refractivity contribution in [2.45, 2.75) is 72.1 Å². The van der Waals surface area contributed by atoms with Gasteiger partial charge in [0, 0.05) is 24.0 Å². The normalized spacial score (nSPS) is 16.4. The zero-order valence-corrected chi connectivity index (χ0v) is 21.2. The van der Waals surface area contributed by atoms with Crippen molar-refractivity contribution in [1.29, 1.82) is 0 Å². The van der Waals surface area contributed by atoms with Crippen LogP contribution in [0.1, 0.15) is 74.0 Å². The molecule has 1 fully saturated rings. The van der Waals surface area contributed by atoms with Crippen molar-refractivity contribution < 1.29 is 14.3 Å². The predicted molar refractivity (Wildman–Crippen MR) is 139 cm³/mol. The molecule has 2 aliphatic rings. The van der Waals surface area contributed by atoms with Crippen molar-refractivity contribution in [2.24, 2.45) is 0 Å². The zero-order chi connectivity index (χ0) is 24.7. The number of likely N-dealkylation sites (tertiary alicyclic amines) is 1. The topological polar surface area (TPSA) is 63.6 Å². The van der Waals surface area contributed by atoms with Gasteiger partial charge in [-0.1, -0.05) is 31.5 Å². The van der Waals surface area contributed by atoms with Crippen LogP contribution in [0.2, 0.25) is 0 Å². The van der Waals surface area contributed by atoms with E-state index in [1.807, 2.05) is 39.0 Å². The van der Waals surface area contributed by atoms with Crippen molar-refractivity contribution in [3.63, 3.8) is 0 Å². The number of aryl methyl sites for hydroxylation is 1. The molecule has 5 rings (SSSR count). The van der Waals surface area contributed by atoms with Crippen molar-refractivity contribution in [1.82, 2.24) is 14.8 Å². The molecule has 184 valence electrons. The SMILES string of the molecule is CCc1ccc(-c2cc3cc(CN4CCCCC4)ccc3n2C(=O)OC(C)(C)C)c2c1CNC2=O. The first-order valence-corrected chi connectivity index (χ1v) is 12.8. The number of ether oxygens (including phenoxy) is 1. The second-order valence-electron chi connectivity index (χ2n) is 10.7. The summed E-state index contributed by atoms with van der Waals surface area (Å²) in [6.45, 7) is 11.4. The van der Waals surface area contributed by atoms with Gasteiger partial charge in [-0.3, -0.25) is 9.69 Å². The monoisotopic (exact) mass is 473 g/mol. The molecule has 2 aromatic carbocycles. The minimum absolute atomic E-state index is 0.0860. The van der Waals surface area contributed by atoms with Crippen LogP contribution in [0.5, 0.6) is 0 Å². The minimum Gasteiger partial charge on any atom is -0.443 e. The van der Waals surface area contributed by atoms with E-state index in [0.29, 0.717) is 17.8 Å². The Morgan fingerprint density at radius 3 is 2.54 bits per heavy atom. The van der Waals surface area contributed by atoms with Crippen molar-refractivity contribution in [3.05, 3.63) is 58.7 Å². The van der Waals surface area contributed by atoms with Gasteiger partial charge in [-0.2, -0.15) is 0 Å². The van der Waals surface area contributed by atoms with Crippen molar-refractivity contribution in [2.75, 3.05) is 13.1 Å².